The van der Waals surface area contributed by atoms with Crippen LogP contribution in [0.5, 0.6) is 5.75 Å². The van der Waals surface area contributed by atoms with E-state index in [0.29, 0.717) is 18.0 Å². The lowest BCUT2D eigenvalue weighted by Gasteiger charge is -2.18. The molecule has 18 heavy (non-hydrogen) atoms. The predicted molar refractivity (Wildman–Crippen MR) is 70.5 cm³/mol. The van der Waals surface area contributed by atoms with Gasteiger partial charge in [-0.3, -0.25) is 4.79 Å². The van der Waals surface area contributed by atoms with Crippen molar-refractivity contribution in [2.45, 2.75) is 26.3 Å². The van der Waals surface area contributed by atoms with Crippen LogP contribution in [0.25, 0.3) is 0 Å². The molecule has 2 unspecified atom stereocenters. The molecule has 1 aliphatic rings. The number of carbonyl (C=O) groups excluding carboxylic acids is 1. The van der Waals surface area contributed by atoms with Gasteiger partial charge in [0.15, 0.2) is 0 Å². The minimum Gasteiger partial charge on any atom is -0.507 e. The number of nitrogens with two attached hydrogens (primary N) is 1. The van der Waals surface area contributed by atoms with Crippen LogP contribution in [0.15, 0.2) is 18.2 Å². The third kappa shape index (κ3) is 2.48. The van der Waals surface area contributed by atoms with Gasteiger partial charge in [0, 0.05) is 19.1 Å². The molecular formula is C14H20N2O2. The Kier molecular flexibility index (Phi) is 3.57. The number of amides is 1. The Morgan fingerprint density at radius 3 is 2.89 bits per heavy atom. The minimum absolute atomic E-state index is 0.0508. The topological polar surface area (TPSA) is 66.6 Å². The molecule has 0 radical (unpaired) electrons. The van der Waals surface area contributed by atoms with Gasteiger partial charge < -0.3 is 15.7 Å². The fraction of sp³-hybridized carbons (Fsp3) is 0.500. The van der Waals surface area contributed by atoms with Crippen molar-refractivity contribution in [3.8, 4) is 5.75 Å². The monoisotopic (exact) mass is 248 g/mol. The molecule has 0 spiro atoms. The van der Waals surface area contributed by atoms with Crippen LogP contribution in [0.4, 0.5) is 0 Å². The summed E-state index contributed by atoms with van der Waals surface area (Å²) in [6, 6.07) is 5.20. The molecule has 4 heteroatoms. The van der Waals surface area contributed by atoms with Gasteiger partial charge in [-0.1, -0.05) is 11.6 Å². The fourth-order valence-electron chi connectivity index (χ4n) is 2.39. The van der Waals surface area contributed by atoms with Gasteiger partial charge in [0.2, 0.25) is 0 Å². The van der Waals surface area contributed by atoms with Gasteiger partial charge in [-0.25, -0.2) is 0 Å². The van der Waals surface area contributed by atoms with Gasteiger partial charge in [0.05, 0.1) is 5.56 Å². The summed E-state index contributed by atoms with van der Waals surface area (Å²) in [5, 5.41) is 9.77. The van der Waals surface area contributed by atoms with Gasteiger partial charge in [-0.05, 0) is 38.3 Å². The zero-order chi connectivity index (χ0) is 13.3. The lowest BCUT2D eigenvalue weighted by Crippen LogP contribution is -2.33. The summed E-state index contributed by atoms with van der Waals surface area (Å²) in [5.74, 6) is 0.315. The van der Waals surface area contributed by atoms with E-state index in [-0.39, 0.29) is 17.7 Å². The van der Waals surface area contributed by atoms with Crippen LogP contribution < -0.4 is 5.73 Å². The van der Waals surface area contributed by atoms with E-state index in [4.69, 9.17) is 5.73 Å². The number of rotatable bonds is 2. The molecule has 2 rings (SSSR count). The number of hydrogen-bond donors (Lipinski definition) is 2. The van der Waals surface area contributed by atoms with Crippen LogP contribution >= 0.6 is 0 Å². The number of phenolic OH excluding ortho intramolecular Hbond substituents is 1. The number of carbonyl (C=O) groups is 1. The number of aromatic hydroxyl groups is 1. The molecule has 3 N–H and O–H groups in total. The standard InChI is InChI=1S/C14H20N2O2/c1-9-3-4-13(17)12(7-9)14(18)16-6-5-11(8-16)10(2)15/h3-4,7,10-11,17H,5-6,8,15H2,1-2H3. The third-order valence-corrected chi connectivity index (χ3v) is 3.64. The second-order valence-electron chi connectivity index (χ2n) is 5.18. The van der Waals surface area contributed by atoms with Crippen molar-refractivity contribution >= 4 is 5.91 Å². The first kappa shape index (κ1) is 12.9. The molecular weight excluding hydrogens is 228 g/mol. The first-order chi connectivity index (χ1) is 8.49. The molecule has 1 aromatic rings. The first-order valence-electron chi connectivity index (χ1n) is 6.33. The highest BCUT2D eigenvalue weighted by Crippen LogP contribution is 2.25. The lowest BCUT2D eigenvalue weighted by molar-refractivity contribution is 0.0783. The number of phenols is 1. The van der Waals surface area contributed by atoms with Crippen molar-refractivity contribution in [3.63, 3.8) is 0 Å². The Balaban J connectivity index is 2.15. The number of likely N-dealkylation sites (tertiary alicyclic amines) is 1. The van der Waals surface area contributed by atoms with Crippen molar-refractivity contribution in [1.82, 2.24) is 4.90 Å². The van der Waals surface area contributed by atoms with E-state index in [1.807, 2.05) is 13.8 Å². The maximum Gasteiger partial charge on any atom is 0.257 e. The molecule has 1 aliphatic heterocycles. The second kappa shape index (κ2) is 4.98. The highest BCUT2D eigenvalue weighted by atomic mass is 16.3. The van der Waals surface area contributed by atoms with Crippen LogP contribution in [-0.2, 0) is 0 Å². The van der Waals surface area contributed by atoms with Gasteiger partial charge in [-0.2, -0.15) is 0 Å². The minimum atomic E-state index is -0.0978. The number of benzene rings is 1. The van der Waals surface area contributed by atoms with Crippen LogP contribution in [-0.4, -0.2) is 35.0 Å². The average Bonchev–Trinajstić information content (AvgIpc) is 2.81. The summed E-state index contributed by atoms with van der Waals surface area (Å²) in [5.41, 5.74) is 7.23. The van der Waals surface area contributed by atoms with Crippen molar-refractivity contribution in [1.29, 1.82) is 0 Å². The van der Waals surface area contributed by atoms with E-state index in [2.05, 4.69) is 0 Å². The molecule has 1 saturated heterocycles. The van der Waals surface area contributed by atoms with Gasteiger partial charge in [-0.15, -0.1) is 0 Å². The lowest BCUT2D eigenvalue weighted by atomic mass is 10.0. The number of aryl methyl sites for hydroxylation is 1. The predicted octanol–water partition coefficient (Wildman–Crippen LogP) is 1.51. The first-order valence-corrected chi connectivity index (χ1v) is 6.33. The van der Waals surface area contributed by atoms with Crippen molar-refractivity contribution in [2.24, 2.45) is 11.7 Å². The molecule has 1 amide bonds. The molecule has 0 aliphatic carbocycles. The zero-order valence-electron chi connectivity index (χ0n) is 10.9. The van der Waals surface area contributed by atoms with Crippen LogP contribution in [0.3, 0.4) is 0 Å². The third-order valence-electron chi connectivity index (χ3n) is 3.64. The summed E-state index contributed by atoms with van der Waals surface area (Å²) in [7, 11) is 0. The Morgan fingerprint density at radius 1 is 1.56 bits per heavy atom. The molecule has 0 bridgehead atoms. The van der Waals surface area contributed by atoms with Crippen LogP contribution in [0.1, 0.15) is 29.3 Å². The van der Waals surface area contributed by atoms with E-state index in [0.717, 1.165) is 18.5 Å². The highest BCUT2D eigenvalue weighted by molar-refractivity contribution is 5.97. The average molecular weight is 248 g/mol. The molecule has 1 heterocycles. The molecule has 1 fully saturated rings. The van der Waals surface area contributed by atoms with Crippen molar-refractivity contribution < 1.29 is 9.90 Å². The quantitative estimate of drug-likeness (QED) is 0.833. The Bertz CT molecular complexity index is 457. The Labute approximate surface area is 107 Å². The van der Waals surface area contributed by atoms with Crippen molar-refractivity contribution in [2.75, 3.05) is 13.1 Å². The SMILES string of the molecule is Cc1ccc(O)c(C(=O)N2CCC(C(C)N)C2)c1. The second-order valence-corrected chi connectivity index (χ2v) is 5.18. The summed E-state index contributed by atoms with van der Waals surface area (Å²) in [4.78, 5) is 14.1. The highest BCUT2D eigenvalue weighted by Gasteiger charge is 2.29. The van der Waals surface area contributed by atoms with E-state index in [1.165, 1.54) is 0 Å². The molecule has 2 atom stereocenters. The summed E-state index contributed by atoms with van der Waals surface area (Å²) >= 11 is 0. The molecule has 0 aromatic heterocycles. The van der Waals surface area contributed by atoms with E-state index in [9.17, 15) is 9.90 Å². The molecule has 98 valence electrons. The van der Waals surface area contributed by atoms with Gasteiger partial charge in [0.1, 0.15) is 5.75 Å². The number of hydrogen-bond acceptors (Lipinski definition) is 3. The van der Waals surface area contributed by atoms with Crippen LogP contribution in [0.2, 0.25) is 0 Å². The summed E-state index contributed by atoms with van der Waals surface area (Å²) in [6.07, 6.45) is 0.940. The summed E-state index contributed by atoms with van der Waals surface area (Å²) in [6.45, 7) is 5.29. The van der Waals surface area contributed by atoms with Crippen LogP contribution in [0, 0.1) is 12.8 Å². The maximum atomic E-state index is 12.3. The normalized spacial score (nSPS) is 21.1. The van der Waals surface area contributed by atoms with Gasteiger partial charge >= 0.3 is 0 Å². The Morgan fingerprint density at radius 2 is 2.28 bits per heavy atom. The molecule has 0 saturated carbocycles. The van der Waals surface area contributed by atoms with E-state index >= 15 is 0 Å². The van der Waals surface area contributed by atoms with E-state index in [1.54, 1.807) is 23.1 Å². The number of nitrogens with zero attached hydrogens (tertiary/aromatic N) is 1. The smallest absolute Gasteiger partial charge is 0.257 e. The zero-order valence-corrected chi connectivity index (χ0v) is 10.9. The summed E-state index contributed by atoms with van der Waals surface area (Å²) < 4.78 is 0. The van der Waals surface area contributed by atoms with E-state index < -0.39 is 0 Å². The van der Waals surface area contributed by atoms with Gasteiger partial charge in [0.25, 0.3) is 5.91 Å². The largest absolute Gasteiger partial charge is 0.507 e. The Hall–Kier alpha value is -1.55. The molecule has 1 aromatic carbocycles. The molecule has 4 nitrogen and oxygen atoms in total. The fourth-order valence-corrected chi connectivity index (χ4v) is 2.39. The van der Waals surface area contributed by atoms with Crippen molar-refractivity contribution in [3.05, 3.63) is 29.3 Å². The maximum absolute atomic E-state index is 12.3.